The average Bonchev–Trinajstić information content (AvgIpc) is 2.97. The molecule has 0 aliphatic heterocycles. The molecule has 0 unspecified atom stereocenters. The first kappa shape index (κ1) is 12.1. The molecule has 3 heteroatoms. The number of fused-ring (bicyclic) bond motifs is 1. The van der Waals surface area contributed by atoms with Crippen molar-refractivity contribution >= 4 is 22.5 Å². The number of hydrogen-bond acceptors (Lipinski definition) is 1. The van der Waals surface area contributed by atoms with Crippen LogP contribution in [0, 0.1) is 0 Å². The number of benzene rings is 1. The summed E-state index contributed by atoms with van der Waals surface area (Å²) < 4.78 is 2.10. The maximum atomic E-state index is 6.42. The van der Waals surface area contributed by atoms with Gasteiger partial charge in [-0.15, -0.1) is 0 Å². The highest BCUT2D eigenvalue weighted by Gasteiger charge is 2.36. The molecule has 96 valence electrons. The van der Waals surface area contributed by atoms with E-state index in [0.29, 0.717) is 0 Å². The zero-order valence-corrected chi connectivity index (χ0v) is 11.5. The number of hydrogen-bond donors (Lipinski definition) is 1. The molecule has 0 bridgehead atoms. The van der Waals surface area contributed by atoms with Gasteiger partial charge in [-0.1, -0.05) is 36.6 Å². The number of rotatable bonds is 2. The van der Waals surface area contributed by atoms with Crippen molar-refractivity contribution in [3.63, 3.8) is 0 Å². The molecule has 0 amide bonds. The lowest BCUT2D eigenvalue weighted by atomic mass is 9.77. The first-order valence-electron chi connectivity index (χ1n) is 6.62. The number of aromatic nitrogens is 1. The number of aryl methyl sites for hydroxylation is 1. The molecule has 2 aromatic rings. The normalized spacial score (nSPS) is 18.6. The molecule has 3 rings (SSSR count). The Balaban J connectivity index is 2.28. The lowest BCUT2D eigenvalue weighted by Gasteiger charge is -2.29. The minimum Gasteiger partial charge on any atom is -0.349 e. The fourth-order valence-electron chi connectivity index (χ4n) is 3.47. The monoisotopic (exact) mass is 262 g/mol. The van der Waals surface area contributed by atoms with Crippen LogP contribution in [0.2, 0.25) is 5.02 Å². The van der Waals surface area contributed by atoms with Crippen molar-refractivity contribution in [3.8, 4) is 0 Å². The van der Waals surface area contributed by atoms with Gasteiger partial charge in [-0.3, -0.25) is 0 Å². The van der Waals surface area contributed by atoms with Crippen molar-refractivity contribution in [1.82, 2.24) is 4.57 Å². The first-order chi connectivity index (χ1) is 8.68. The van der Waals surface area contributed by atoms with E-state index in [1.54, 1.807) is 0 Å². The minimum absolute atomic E-state index is 0.143. The van der Waals surface area contributed by atoms with Gasteiger partial charge in [0.1, 0.15) is 0 Å². The number of nitrogens with two attached hydrogens (primary N) is 1. The van der Waals surface area contributed by atoms with Gasteiger partial charge in [-0.25, -0.2) is 0 Å². The van der Waals surface area contributed by atoms with Gasteiger partial charge in [-0.05, 0) is 24.5 Å². The van der Waals surface area contributed by atoms with Crippen LogP contribution >= 0.6 is 11.6 Å². The SMILES string of the molecule is Cn1cc(Cl)c2c(C3(CN)CCCC3)cccc21. The number of nitrogens with zero attached hydrogens (tertiary/aromatic N) is 1. The van der Waals surface area contributed by atoms with Gasteiger partial charge in [0.2, 0.25) is 0 Å². The van der Waals surface area contributed by atoms with Crippen LogP contribution in [-0.4, -0.2) is 11.1 Å². The van der Waals surface area contributed by atoms with Gasteiger partial charge in [0.05, 0.1) is 5.02 Å². The van der Waals surface area contributed by atoms with Crippen LogP contribution in [0.1, 0.15) is 31.2 Å². The Bertz CT molecular complexity index is 579. The van der Waals surface area contributed by atoms with Gasteiger partial charge in [0.25, 0.3) is 0 Å². The van der Waals surface area contributed by atoms with E-state index < -0.39 is 0 Å². The Kier molecular flexibility index (Phi) is 2.87. The van der Waals surface area contributed by atoms with Crippen LogP contribution in [0.25, 0.3) is 10.9 Å². The van der Waals surface area contributed by atoms with Crippen LogP contribution in [0.4, 0.5) is 0 Å². The Morgan fingerprint density at radius 2 is 2.06 bits per heavy atom. The third-order valence-corrected chi connectivity index (χ3v) is 4.78. The molecule has 0 spiro atoms. The Morgan fingerprint density at radius 1 is 1.33 bits per heavy atom. The second-order valence-corrected chi connectivity index (χ2v) is 5.89. The summed E-state index contributed by atoms with van der Waals surface area (Å²) in [7, 11) is 2.04. The summed E-state index contributed by atoms with van der Waals surface area (Å²) in [6, 6.07) is 6.47. The topological polar surface area (TPSA) is 30.9 Å². The minimum atomic E-state index is 0.143. The Morgan fingerprint density at radius 3 is 2.72 bits per heavy atom. The smallest absolute Gasteiger partial charge is 0.0664 e. The van der Waals surface area contributed by atoms with Gasteiger partial charge in [-0.2, -0.15) is 0 Å². The van der Waals surface area contributed by atoms with Gasteiger partial charge < -0.3 is 10.3 Å². The first-order valence-corrected chi connectivity index (χ1v) is 7.00. The maximum absolute atomic E-state index is 6.42. The summed E-state index contributed by atoms with van der Waals surface area (Å²) in [4.78, 5) is 0. The molecule has 0 radical (unpaired) electrons. The van der Waals surface area contributed by atoms with Crippen LogP contribution in [0.3, 0.4) is 0 Å². The molecule has 2 N–H and O–H groups in total. The molecule has 2 nitrogen and oxygen atoms in total. The third-order valence-electron chi connectivity index (χ3n) is 4.49. The van der Waals surface area contributed by atoms with E-state index in [1.807, 2.05) is 13.2 Å². The summed E-state index contributed by atoms with van der Waals surface area (Å²) in [5.74, 6) is 0. The van der Waals surface area contributed by atoms with Crippen molar-refractivity contribution in [2.24, 2.45) is 12.8 Å². The standard InChI is InChI=1S/C15H19ClN2/c1-18-9-12(16)14-11(5-4-6-13(14)18)15(10-17)7-2-3-8-15/h4-6,9H,2-3,7-8,10,17H2,1H3. The van der Waals surface area contributed by atoms with Crippen molar-refractivity contribution < 1.29 is 0 Å². The van der Waals surface area contributed by atoms with E-state index in [9.17, 15) is 0 Å². The van der Waals surface area contributed by atoms with Crippen LogP contribution in [-0.2, 0) is 12.5 Å². The summed E-state index contributed by atoms with van der Waals surface area (Å²) in [5.41, 5.74) is 8.80. The molecular formula is C15H19ClN2. The predicted molar refractivity (Wildman–Crippen MR) is 77.1 cm³/mol. The van der Waals surface area contributed by atoms with E-state index in [-0.39, 0.29) is 5.41 Å². The molecule has 1 aliphatic rings. The van der Waals surface area contributed by atoms with Crippen LogP contribution in [0.5, 0.6) is 0 Å². The van der Waals surface area contributed by atoms with E-state index in [2.05, 4.69) is 22.8 Å². The predicted octanol–water partition coefficient (Wildman–Crippen LogP) is 3.60. The van der Waals surface area contributed by atoms with Crippen molar-refractivity contribution in [2.45, 2.75) is 31.1 Å². The molecule has 1 heterocycles. The molecule has 1 aromatic carbocycles. The zero-order valence-electron chi connectivity index (χ0n) is 10.7. The van der Waals surface area contributed by atoms with Crippen LogP contribution in [0.15, 0.2) is 24.4 Å². The van der Waals surface area contributed by atoms with Crippen molar-refractivity contribution in [1.29, 1.82) is 0 Å². The lowest BCUT2D eigenvalue weighted by molar-refractivity contribution is 0.457. The molecule has 0 saturated heterocycles. The molecular weight excluding hydrogens is 244 g/mol. The van der Waals surface area contributed by atoms with Crippen molar-refractivity contribution in [2.75, 3.05) is 6.54 Å². The van der Waals surface area contributed by atoms with Gasteiger partial charge in [0.15, 0.2) is 0 Å². The fraction of sp³-hybridized carbons (Fsp3) is 0.467. The third kappa shape index (κ3) is 1.59. The van der Waals surface area contributed by atoms with E-state index >= 15 is 0 Å². The molecule has 1 saturated carbocycles. The molecule has 18 heavy (non-hydrogen) atoms. The molecule has 1 aliphatic carbocycles. The maximum Gasteiger partial charge on any atom is 0.0664 e. The molecule has 1 fully saturated rings. The Labute approximate surface area is 113 Å². The van der Waals surface area contributed by atoms with E-state index in [4.69, 9.17) is 17.3 Å². The zero-order chi connectivity index (χ0) is 12.8. The van der Waals surface area contributed by atoms with Gasteiger partial charge >= 0.3 is 0 Å². The summed E-state index contributed by atoms with van der Waals surface area (Å²) >= 11 is 6.42. The molecule has 0 atom stereocenters. The second kappa shape index (κ2) is 4.29. The van der Waals surface area contributed by atoms with E-state index in [0.717, 1.165) is 11.6 Å². The van der Waals surface area contributed by atoms with Crippen molar-refractivity contribution in [3.05, 3.63) is 35.0 Å². The largest absolute Gasteiger partial charge is 0.349 e. The highest BCUT2D eigenvalue weighted by Crippen LogP contribution is 2.44. The fourth-order valence-corrected chi connectivity index (χ4v) is 3.81. The quantitative estimate of drug-likeness (QED) is 0.881. The van der Waals surface area contributed by atoms with Gasteiger partial charge in [0, 0.05) is 36.1 Å². The lowest BCUT2D eigenvalue weighted by Crippen LogP contribution is -2.32. The van der Waals surface area contributed by atoms with Crippen LogP contribution < -0.4 is 5.73 Å². The number of halogens is 1. The highest BCUT2D eigenvalue weighted by molar-refractivity contribution is 6.36. The van der Waals surface area contributed by atoms with E-state index in [1.165, 1.54) is 42.1 Å². The molecule has 1 aromatic heterocycles. The summed E-state index contributed by atoms with van der Waals surface area (Å²) in [5, 5.41) is 2.05. The average molecular weight is 263 g/mol. The summed E-state index contributed by atoms with van der Waals surface area (Å²) in [6.45, 7) is 0.720. The Hall–Kier alpha value is -0.990. The highest BCUT2D eigenvalue weighted by atomic mass is 35.5. The summed E-state index contributed by atoms with van der Waals surface area (Å²) in [6.07, 6.45) is 6.92. The second-order valence-electron chi connectivity index (χ2n) is 5.48.